The fraction of sp³-hybridized carbons (Fsp3) is 0.571. The number of rotatable bonds is 3. The summed E-state index contributed by atoms with van der Waals surface area (Å²) in [7, 11) is 0. The molecule has 2 rings (SSSR count). The Labute approximate surface area is 104 Å². The molecule has 1 saturated heterocycles. The quantitative estimate of drug-likeness (QED) is 0.817. The van der Waals surface area contributed by atoms with Crippen molar-refractivity contribution in [2.75, 3.05) is 30.3 Å². The molecule has 1 aliphatic rings. The molecule has 0 bridgehead atoms. The average molecular weight is 234 g/mol. The summed E-state index contributed by atoms with van der Waals surface area (Å²) in [6.45, 7) is 9.46. The lowest BCUT2D eigenvalue weighted by molar-refractivity contribution is 0.340. The van der Waals surface area contributed by atoms with Gasteiger partial charge >= 0.3 is 0 Å². The Kier molecular flexibility index (Phi) is 3.18. The predicted octanol–water partition coefficient (Wildman–Crippen LogP) is 2.90. The lowest BCUT2D eigenvalue weighted by Crippen LogP contribution is -2.22. The summed E-state index contributed by atoms with van der Waals surface area (Å²) in [6, 6.07) is 6.00. The summed E-state index contributed by atoms with van der Waals surface area (Å²) < 4.78 is 5.53. The molecule has 0 aromatic heterocycles. The average Bonchev–Trinajstić information content (AvgIpc) is 2.58. The van der Waals surface area contributed by atoms with Crippen LogP contribution in [-0.4, -0.2) is 19.7 Å². The maximum absolute atomic E-state index is 5.92. The largest absolute Gasteiger partial charge is 0.494 e. The number of benzene rings is 1. The van der Waals surface area contributed by atoms with E-state index in [1.807, 2.05) is 19.1 Å². The Balaban J connectivity index is 2.21. The van der Waals surface area contributed by atoms with Crippen molar-refractivity contribution < 1.29 is 4.74 Å². The molecule has 0 spiro atoms. The Morgan fingerprint density at radius 1 is 1.35 bits per heavy atom. The highest BCUT2D eigenvalue weighted by Crippen LogP contribution is 2.34. The molecule has 3 nitrogen and oxygen atoms in total. The van der Waals surface area contributed by atoms with E-state index >= 15 is 0 Å². The van der Waals surface area contributed by atoms with Crippen molar-refractivity contribution in [3.05, 3.63) is 18.2 Å². The third-order valence-corrected chi connectivity index (χ3v) is 3.27. The Morgan fingerprint density at radius 2 is 2.12 bits per heavy atom. The number of anilines is 2. The van der Waals surface area contributed by atoms with E-state index in [-0.39, 0.29) is 0 Å². The molecule has 17 heavy (non-hydrogen) atoms. The fourth-order valence-electron chi connectivity index (χ4n) is 2.37. The number of ether oxygens (including phenoxy) is 1. The van der Waals surface area contributed by atoms with Crippen molar-refractivity contribution in [3.63, 3.8) is 0 Å². The minimum absolute atomic E-state index is 0.399. The van der Waals surface area contributed by atoms with Gasteiger partial charge in [0.1, 0.15) is 5.75 Å². The van der Waals surface area contributed by atoms with E-state index in [1.54, 1.807) is 0 Å². The zero-order valence-corrected chi connectivity index (χ0v) is 11.0. The van der Waals surface area contributed by atoms with E-state index in [0.717, 1.165) is 24.5 Å². The summed E-state index contributed by atoms with van der Waals surface area (Å²) in [5, 5.41) is 0. The molecule has 0 unspecified atom stereocenters. The number of nitrogen functional groups attached to an aromatic ring is 1. The van der Waals surface area contributed by atoms with E-state index in [0.29, 0.717) is 12.0 Å². The summed E-state index contributed by atoms with van der Waals surface area (Å²) in [5.74, 6) is 0.868. The summed E-state index contributed by atoms with van der Waals surface area (Å²) >= 11 is 0. The van der Waals surface area contributed by atoms with Crippen molar-refractivity contribution in [2.24, 2.45) is 5.41 Å². The Hall–Kier alpha value is -1.38. The maximum atomic E-state index is 5.92. The van der Waals surface area contributed by atoms with Gasteiger partial charge in [0.25, 0.3) is 0 Å². The van der Waals surface area contributed by atoms with Gasteiger partial charge < -0.3 is 15.4 Å². The van der Waals surface area contributed by atoms with E-state index in [4.69, 9.17) is 10.5 Å². The van der Waals surface area contributed by atoms with Crippen molar-refractivity contribution in [3.8, 4) is 5.75 Å². The van der Waals surface area contributed by atoms with Crippen LogP contribution in [0.2, 0.25) is 0 Å². The monoisotopic (exact) mass is 234 g/mol. The van der Waals surface area contributed by atoms with E-state index < -0.39 is 0 Å². The van der Waals surface area contributed by atoms with Crippen LogP contribution in [0.4, 0.5) is 11.4 Å². The number of nitrogens with two attached hydrogens (primary N) is 1. The first-order chi connectivity index (χ1) is 8.00. The van der Waals surface area contributed by atoms with E-state index in [1.165, 1.54) is 12.1 Å². The van der Waals surface area contributed by atoms with Crippen molar-refractivity contribution in [2.45, 2.75) is 27.2 Å². The zero-order valence-electron chi connectivity index (χ0n) is 11.0. The minimum atomic E-state index is 0.399. The van der Waals surface area contributed by atoms with Crippen LogP contribution in [0.3, 0.4) is 0 Å². The molecule has 0 saturated carbocycles. The number of hydrogen-bond acceptors (Lipinski definition) is 3. The van der Waals surface area contributed by atoms with Gasteiger partial charge in [-0.3, -0.25) is 0 Å². The first-order valence-corrected chi connectivity index (χ1v) is 6.28. The lowest BCUT2D eigenvalue weighted by atomic mass is 9.93. The van der Waals surface area contributed by atoms with Gasteiger partial charge in [-0.25, -0.2) is 0 Å². The SMILES string of the molecule is CCOc1cc(N)cc(N2CCC(C)(C)C2)c1. The van der Waals surface area contributed by atoms with Gasteiger partial charge in [0, 0.05) is 36.6 Å². The smallest absolute Gasteiger partial charge is 0.123 e. The standard InChI is InChI=1S/C14H22N2O/c1-4-17-13-8-11(15)7-12(9-13)16-6-5-14(2,3)10-16/h7-9H,4-6,10,15H2,1-3H3. The highest BCUT2D eigenvalue weighted by Gasteiger charge is 2.29. The lowest BCUT2D eigenvalue weighted by Gasteiger charge is -2.22. The van der Waals surface area contributed by atoms with Crippen LogP contribution in [0.1, 0.15) is 27.2 Å². The zero-order chi connectivity index (χ0) is 12.5. The van der Waals surface area contributed by atoms with Crippen LogP contribution in [0.25, 0.3) is 0 Å². The normalized spacial score (nSPS) is 18.4. The van der Waals surface area contributed by atoms with Gasteiger partial charge in [0.2, 0.25) is 0 Å². The second-order valence-electron chi connectivity index (χ2n) is 5.53. The molecule has 1 heterocycles. The Morgan fingerprint density at radius 3 is 2.71 bits per heavy atom. The summed E-state index contributed by atoms with van der Waals surface area (Å²) in [5.41, 5.74) is 8.27. The third kappa shape index (κ3) is 2.84. The van der Waals surface area contributed by atoms with Crippen LogP contribution in [0.15, 0.2) is 18.2 Å². The van der Waals surface area contributed by atoms with Crippen LogP contribution in [0, 0.1) is 5.41 Å². The molecule has 0 atom stereocenters. The van der Waals surface area contributed by atoms with Gasteiger partial charge in [-0.05, 0) is 24.8 Å². The molecular weight excluding hydrogens is 212 g/mol. The van der Waals surface area contributed by atoms with Crippen molar-refractivity contribution in [1.29, 1.82) is 0 Å². The summed E-state index contributed by atoms with van der Waals surface area (Å²) in [6.07, 6.45) is 1.23. The molecule has 0 aliphatic carbocycles. The van der Waals surface area contributed by atoms with Crippen LogP contribution in [0.5, 0.6) is 5.75 Å². The van der Waals surface area contributed by atoms with Gasteiger partial charge in [0.05, 0.1) is 6.61 Å². The fourth-order valence-corrected chi connectivity index (χ4v) is 2.37. The molecule has 2 N–H and O–H groups in total. The van der Waals surface area contributed by atoms with Crippen molar-refractivity contribution >= 4 is 11.4 Å². The summed E-state index contributed by atoms with van der Waals surface area (Å²) in [4.78, 5) is 2.39. The number of nitrogens with zero attached hydrogens (tertiary/aromatic N) is 1. The molecular formula is C14H22N2O. The molecule has 1 fully saturated rings. The minimum Gasteiger partial charge on any atom is -0.494 e. The highest BCUT2D eigenvalue weighted by atomic mass is 16.5. The van der Waals surface area contributed by atoms with E-state index in [9.17, 15) is 0 Å². The third-order valence-electron chi connectivity index (χ3n) is 3.27. The molecule has 1 aliphatic heterocycles. The van der Waals surface area contributed by atoms with Gasteiger partial charge in [-0.1, -0.05) is 13.8 Å². The van der Waals surface area contributed by atoms with Crippen molar-refractivity contribution in [1.82, 2.24) is 0 Å². The molecule has 1 aromatic carbocycles. The molecule has 3 heteroatoms. The van der Waals surface area contributed by atoms with Gasteiger partial charge in [-0.2, -0.15) is 0 Å². The van der Waals surface area contributed by atoms with Gasteiger partial charge in [-0.15, -0.1) is 0 Å². The molecule has 1 aromatic rings. The van der Waals surface area contributed by atoms with Crippen LogP contribution >= 0.6 is 0 Å². The van der Waals surface area contributed by atoms with Crippen LogP contribution < -0.4 is 15.4 Å². The van der Waals surface area contributed by atoms with E-state index in [2.05, 4.69) is 24.8 Å². The predicted molar refractivity (Wildman–Crippen MR) is 72.6 cm³/mol. The first kappa shape index (κ1) is 12.1. The topological polar surface area (TPSA) is 38.5 Å². The molecule has 0 amide bonds. The Bertz CT molecular complexity index is 401. The first-order valence-electron chi connectivity index (χ1n) is 6.28. The molecule has 94 valence electrons. The second kappa shape index (κ2) is 4.47. The van der Waals surface area contributed by atoms with Crippen LogP contribution in [-0.2, 0) is 0 Å². The molecule has 0 radical (unpaired) electrons. The second-order valence-corrected chi connectivity index (χ2v) is 5.53. The number of hydrogen-bond donors (Lipinski definition) is 1. The van der Waals surface area contributed by atoms with Gasteiger partial charge in [0.15, 0.2) is 0 Å². The highest BCUT2D eigenvalue weighted by molar-refractivity contribution is 5.61. The maximum Gasteiger partial charge on any atom is 0.123 e.